The van der Waals surface area contributed by atoms with Crippen LogP contribution in [0.1, 0.15) is 16.1 Å². The van der Waals surface area contributed by atoms with Gasteiger partial charge in [0.05, 0.1) is 12.7 Å². The van der Waals surface area contributed by atoms with E-state index in [4.69, 9.17) is 5.73 Å². The number of amides is 1. The summed E-state index contributed by atoms with van der Waals surface area (Å²) in [6, 6.07) is 3.30. The molecule has 2 aromatic heterocycles. The zero-order chi connectivity index (χ0) is 13.5. The van der Waals surface area contributed by atoms with Gasteiger partial charge < -0.3 is 11.1 Å². The Kier molecular flexibility index (Phi) is 4.16. The minimum Gasteiger partial charge on any atom is -0.320 e. The standard InChI is InChI=1S/C13H11N5O/c14-5-1-2-10-3-4-11(17-8-10)13(19)18-12-9-15-6-7-16-12/h3-4,6-9H,5,14H2,(H,16,18,19). The van der Waals surface area contributed by atoms with Gasteiger partial charge in [0.1, 0.15) is 5.69 Å². The maximum atomic E-state index is 11.8. The summed E-state index contributed by atoms with van der Waals surface area (Å²) in [5.41, 5.74) is 6.26. The van der Waals surface area contributed by atoms with Crippen LogP contribution >= 0.6 is 0 Å². The van der Waals surface area contributed by atoms with Crippen molar-refractivity contribution in [2.75, 3.05) is 11.9 Å². The Bertz CT molecular complexity index is 613. The van der Waals surface area contributed by atoms with E-state index in [0.29, 0.717) is 11.4 Å². The zero-order valence-electron chi connectivity index (χ0n) is 10.00. The van der Waals surface area contributed by atoms with Crippen LogP contribution < -0.4 is 11.1 Å². The van der Waals surface area contributed by atoms with Gasteiger partial charge in [-0.1, -0.05) is 11.8 Å². The second-order valence-electron chi connectivity index (χ2n) is 3.48. The molecule has 0 aliphatic carbocycles. The second-order valence-corrected chi connectivity index (χ2v) is 3.48. The van der Waals surface area contributed by atoms with Gasteiger partial charge in [-0.2, -0.15) is 0 Å². The van der Waals surface area contributed by atoms with Gasteiger partial charge in [-0.25, -0.2) is 9.97 Å². The van der Waals surface area contributed by atoms with Gasteiger partial charge in [0.25, 0.3) is 5.91 Å². The van der Waals surface area contributed by atoms with E-state index in [0.717, 1.165) is 0 Å². The number of nitrogens with one attached hydrogen (secondary N) is 1. The summed E-state index contributed by atoms with van der Waals surface area (Å²) in [7, 11) is 0. The van der Waals surface area contributed by atoms with Crippen LogP contribution in [0.25, 0.3) is 0 Å². The first kappa shape index (κ1) is 12.7. The second kappa shape index (κ2) is 6.23. The summed E-state index contributed by atoms with van der Waals surface area (Å²) in [6.45, 7) is 0.287. The molecule has 0 unspecified atom stereocenters. The monoisotopic (exact) mass is 253 g/mol. The first-order valence-corrected chi connectivity index (χ1v) is 5.52. The highest BCUT2D eigenvalue weighted by Crippen LogP contribution is 2.03. The van der Waals surface area contributed by atoms with E-state index in [1.54, 1.807) is 12.1 Å². The largest absolute Gasteiger partial charge is 0.320 e. The van der Waals surface area contributed by atoms with E-state index in [9.17, 15) is 4.79 Å². The lowest BCUT2D eigenvalue weighted by Gasteiger charge is -2.02. The number of hydrogen-bond acceptors (Lipinski definition) is 5. The summed E-state index contributed by atoms with van der Waals surface area (Å²) in [5.74, 6) is 5.57. The molecule has 2 heterocycles. The molecule has 0 aliphatic heterocycles. The maximum Gasteiger partial charge on any atom is 0.275 e. The molecule has 19 heavy (non-hydrogen) atoms. The summed E-state index contributed by atoms with van der Waals surface area (Å²) in [6.07, 6.45) is 6.00. The average Bonchev–Trinajstić information content (AvgIpc) is 2.46. The number of pyridine rings is 1. The van der Waals surface area contributed by atoms with Gasteiger partial charge >= 0.3 is 0 Å². The molecular formula is C13H11N5O. The molecule has 94 valence electrons. The highest BCUT2D eigenvalue weighted by atomic mass is 16.1. The van der Waals surface area contributed by atoms with E-state index < -0.39 is 0 Å². The molecule has 0 fully saturated rings. The summed E-state index contributed by atoms with van der Waals surface area (Å²) < 4.78 is 0. The fraction of sp³-hybridized carbons (Fsp3) is 0.0769. The van der Waals surface area contributed by atoms with Gasteiger partial charge in [0.15, 0.2) is 5.82 Å². The van der Waals surface area contributed by atoms with E-state index >= 15 is 0 Å². The quantitative estimate of drug-likeness (QED) is 0.757. The highest BCUT2D eigenvalue weighted by Gasteiger charge is 2.07. The zero-order valence-corrected chi connectivity index (χ0v) is 10.00. The van der Waals surface area contributed by atoms with Gasteiger partial charge in [0.2, 0.25) is 0 Å². The van der Waals surface area contributed by atoms with Crippen molar-refractivity contribution in [2.45, 2.75) is 0 Å². The Balaban J connectivity index is 2.08. The number of carbonyl (C=O) groups is 1. The Morgan fingerprint density at radius 3 is 2.79 bits per heavy atom. The highest BCUT2D eigenvalue weighted by molar-refractivity contribution is 6.02. The van der Waals surface area contributed by atoms with E-state index in [1.165, 1.54) is 24.8 Å². The predicted molar refractivity (Wildman–Crippen MR) is 70.2 cm³/mol. The molecule has 3 N–H and O–H groups in total. The van der Waals surface area contributed by atoms with Gasteiger partial charge in [-0.3, -0.25) is 9.78 Å². The van der Waals surface area contributed by atoms with E-state index in [1.807, 2.05) is 0 Å². The minimum atomic E-state index is -0.348. The molecular weight excluding hydrogens is 242 g/mol. The van der Waals surface area contributed by atoms with Crippen molar-refractivity contribution in [1.82, 2.24) is 15.0 Å². The minimum absolute atomic E-state index is 0.281. The molecule has 1 amide bonds. The van der Waals surface area contributed by atoms with E-state index in [-0.39, 0.29) is 18.1 Å². The third-order valence-corrected chi connectivity index (χ3v) is 2.14. The normalized spacial score (nSPS) is 9.32. The first-order valence-electron chi connectivity index (χ1n) is 5.52. The molecule has 6 heteroatoms. The lowest BCUT2D eigenvalue weighted by atomic mass is 10.2. The van der Waals surface area contributed by atoms with Crippen molar-refractivity contribution in [3.63, 3.8) is 0 Å². The fourth-order valence-electron chi connectivity index (χ4n) is 1.30. The average molecular weight is 253 g/mol. The molecule has 0 radical (unpaired) electrons. The first-order chi connectivity index (χ1) is 9.29. The molecule has 0 saturated heterocycles. The number of carbonyl (C=O) groups excluding carboxylic acids is 1. The summed E-state index contributed by atoms with van der Waals surface area (Å²) in [4.78, 5) is 23.7. The van der Waals surface area contributed by atoms with Crippen molar-refractivity contribution < 1.29 is 4.79 Å². The molecule has 0 bridgehead atoms. The number of nitrogens with two attached hydrogens (primary N) is 1. The van der Waals surface area contributed by atoms with E-state index in [2.05, 4.69) is 32.1 Å². The van der Waals surface area contributed by atoms with Crippen LogP contribution in [0.15, 0.2) is 36.9 Å². The molecule has 0 aliphatic rings. The number of nitrogens with zero attached hydrogens (tertiary/aromatic N) is 3. The van der Waals surface area contributed by atoms with Crippen molar-refractivity contribution in [1.29, 1.82) is 0 Å². The van der Waals surface area contributed by atoms with Crippen LogP contribution in [0, 0.1) is 11.8 Å². The summed E-state index contributed by atoms with van der Waals surface area (Å²) >= 11 is 0. The van der Waals surface area contributed by atoms with Gasteiger partial charge in [-0.05, 0) is 12.1 Å². The van der Waals surface area contributed by atoms with Crippen molar-refractivity contribution in [3.8, 4) is 11.8 Å². The van der Waals surface area contributed by atoms with Crippen LogP contribution in [-0.2, 0) is 0 Å². The lowest BCUT2D eigenvalue weighted by Crippen LogP contribution is -2.14. The van der Waals surface area contributed by atoms with Crippen molar-refractivity contribution in [2.24, 2.45) is 5.73 Å². The Morgan fingerprint density at radius 1 is 1.26 bits per heavy atom. The molecule has 0 saturated carbocycles. The molecule has 6 nitrogen and oxygen atoms in total. The number of rotatable bonds is 2. The number of anilines is 1. The molecule has 0 aromatic carbocycles. The smallest absolute Gasteiger partial charge is 0.275 e. The fourth-order valence-corrected chi connectivity index (χ4v) is 1.30. The van der Waals surface area contributed by atoms with Crippen LogP contribution in [-0.4, -0.2) is 27.4 Å². The number of hydrogen-bond donors (Lipinski definition) is 2. The van der Waals surface area contributed by atoms with Crippen LogP contribution in [0.2, 0.25) is 0 Å². The third-order valence-electron chi connectivity index (χ3n) is 2.14. The maximum absolute atomic E-state index is 11.8. The molecule has 0 spiro atoms. The Hall–Kier alpha value is -2.78. The third kappa shape index (κ3) is 3.59. The topological polar surface area (TPSA) is 93.8 Å². The van der Waals surface area contributed by atoms with Crippen LogP contribution in [0.5, 0.6) is 0 Å². The summed E-state index contributed by atoms with van der Waals surface area (Å²) in [5, 5.41) is 2.59. The van der Waals surface area contributed by atoms with Crippen LogP contribution in [0.3, 0.4) is 0 Å². The lowest BCUT2D eigenvalue weighted by molar-refractivity contribution is 0.102. The van der Waals surface area contributed by atoms with Gasteiger partial charge in [0, 0.05) is 24.2 Å². The Labute approximate surface area is 110 Å². The van der Waals surface area contributed by atoms with Crippen LogP contribution in [0.4, 0.5) is 5.82 Å². The van der Waals surface area contributed by atoms with Crippen molar-refractivity contribution in [3.05, 3.63) is 48.2 Å². The Morgan fingerprint density at radius 2 is 2.16 bits per heavy atom. The number of aromatic nitrogens is 3. The molecule has 2 rings (SSSR count). The molecule has 2 aromatic rings. The predicted octanol–water partition coefficient (Wildman–Crippen LogP) is 0.434. The van der Waals surface area contributed by atoms with Crippen molar-refractivity contribution >= 4 is 11.7 Å². The molecule has 0 atom stereocenters. The van der Waals surface area contributed by atoms with Gasteiger partial charge in [-0.15, -0.1) is 0 Å². The SMILES string of the molecule is NCC#Cc1ccc(C(=O)Nc2cnccn2)nc1.